The maximum atomic E-state index is 5.77. The Morgan fingerprint density at radius 3 is 2.75 bits per heavy atom. The molecule has 1 aliphatic rings. The van der Waals surface area contributed by atoms with E-state index in [1.165, 1.54) is 16.7 Å². The number of hydrogen-bond acceptors (Lipinski definition) is 2. The van der Waals surface area contributed by atoms with Gasteiger partial charge < -0.3 is 4.74 Å². The van der Waals surface area contributed by atoms with Crippen molar-refractivity contribution in [2.24, 2.45) is 0 Å². The Bertz CT molecular complexity index is 565. The number of benzene rings is 2. The first-order chi connectivity index (χ1) is 9.81. The zero-order chi connectivity index (χ0) is 13.8. The number of rotatable bonds is 4. The number of ether oxygens (including phenoxy) is 1. The average Bonchev–Trinajstić information content (AvgIpc) is 2.48. The summed E-state index contributed by atoms with van der Waals surface area (Å²) in [6.45, 7) is 6.09. The van der Waals surface area contributed by atoms with Gasteiger partial charge in [0.05, 0.1) is 0 Å². The molecule has 104 valence electrons. The van der Waals surface area contributed by atoms with Crippen LogP contribution >= 0.6 is 0 Å². The zero-order valence-corrected chi connectivity index (χ0v) is 12.0. The van der Waals surface area contributed by atoms with Crippen LogP contribution in [0.25, 0.3) is 0 Å². The number of fused-ring (bicyclic) bond motifs is 1. The lowest BCUT2D eigenvalue weighted by Crippen LogP contribution is -2.33. The van der Waals surface area contributed by atoms with Gasteiger partial charge in [0.15, 0.2) is 0 Å². The number of aryl methyl sites for hydroxylation is 1. The van der Waals surface area contributed by atoms with Gasteiger partial charge in [0.25, 0.3) is 0 Å². The van der Waals surface area contributed by atoms with E-state index >= 15 is 0 Å². The summed E-state index contributed by atoms with van der Waals surface area (Å²) in [5.41, 5.74) is 4.36. The summed E-state index contributed by atoms with van der Waals surface area (Å²) >= 11 is 0. The number of nitrogens with zero attached hydrogens (tertiary/aromatic N) is 1. The van der Waals surface area contributed by atoms with Crippen LogP contribution in [0.5, 0.6) is 5.75 Å². The first-order valence-electron chi connectivity index (χ1n) is 7.30. The largest absolute Gasteiger partial charge is 0.492 e. The lowest BCUT2D eigenvalue weighted by molar-refractivity contribution is 0.196. The van der Waals surface area contributed by atoms with E-state index in [4.69, 9.17) is 4.74 Å². The minimum Gasteiger partial charge on any atom is -0.492 e. The van der Waals surface area contributed by atoms with Crippen LogP contribution in [0.3, 0.4) is 0 Å². The molecule has 0 fully saturated rings. The van der Waals surface area contributed by atoms with E-state index in [1.54, 1.807) is 0 Å². The molecule has 0 unspecified atom stereocenters. The van der Waals surface area contributed by atoms with Gasteiger partial charge in [-0.1, -0.05) is 42.0 Å². The molecule has 0 spiro atoms. The van der Waals surface area contributed by atoms with Gasteiger partial charge in [-0.05, 0) is 36.6 Å². The molecule has 0 saturated heterocycles. The van der Waals surface area contributed by atoms with Crippen molar-refractivity contribution in [1.29, 1.82) is 0 Å². The summed E-state index contributed by atoms with van der Waals surface area (Å²) in [5.74, 6) is 0.959. The molecular formula is C18H21NO. The van der Waals surface area contributed by atoms with E-state index in [1.807, 2.05) is 30.3 Å². The van der Waals surface area contributed by atoms with E-state index in [9.17, 15) is 0 Å². The Kier molecular flexibility index (Phi) is 4.03. The highest BCUT2D eigenvalue weighted by Gasteiger charge is 2.15. The molecule has 0 radical (unpaired) electrons. The normalized spacial score (nSPS) is 14.8. The summed E-state index contributed by atoms with van der Waals surface area (Å²) in [7, 11) is 0. The monoisotopic (exact) mass is 267 g/mol. The van der Waals surface area contributed by atoms with Crippen molar-refractivity contribution in [2.45, 2.75) is 19.9 Å². The highest BCUT2D eigenvalue weighted by molar-refractivity contribution is 5.33. The lowest BCUT2D eigenvalue weighted by Gasteiger charge is -2.28. The molecule has 20 heavy (non-hydrogen) atoms. The molecule has 3 rings (SSSR count). The number of para-hydroxylation sites is 1. The maximum Gasteiger partial charge on any atom is 0.119 e. The van der Waals surface area contributed by atoms with E-state index in [-0.39, 0.29) is 0 Å². The van der Waals surface area contributed by atoms with Crippen molar-refractivity contribution >= 4 is 0 Å². The molecule has 0 N–H and O–H groups in total. The van der Waals surface area contributed by atoms with Crippen molar-refractivity contribution in [3.05, 3.63) is 65.2 Å². The second kappa shape index (κ2) is 6.10. The van der Waals surface area contributed by atoms with Gasteiger partial charge in [0, 0.05) is 19.6 Å². The molecule has 0 saturated carbocycles. The van der Waals surface area contributed by atoms with Gasteiger partial charge in [-0.3, -0.25) is 4.90 Å². The predicted molar refractivity (Wildman–Crippen MR) is 82.1 cm³/mol. The van der Waals surface area contributed by atoms with Crippen LogP contribution in [-0.2, 0) is 13.0 Å². The van der Waals surface area contributed by atoms with Crippen LogP contribution in [-0.4, -0.2) is 24.6 Å². The fourth-order valence-electron chi connectivity index (χ4n) is 2.74. The van der Waals surface area contributed by atoms with Crippen LogP contribution in [0.1, 0.15) is 16.7 Å². The highest BCUT2D eigenvalue weighted by Crippen LogP contribution is 2.20. The van der Waals surface area contributed by atoms with Gasteiger partial charge in [0.1, 0.15) is 12.4 Å². The Morgan fingerprint density at radius 2 is 1.90 bits per heavy atom. The van der Waals surface area contributed by atoms with E-state index in [2.05, 4.69) is 30.0 Å². The quantitative estimate of drug-likeness (QED) is 0.841. The van der Waals surface area contributed by atoms with Crippen molar-refractivity contribution < 1.29 is 4.74 Å². The third-order valence-corrected chi connectivity index (χ3v) is 3.87. The topological polar surface area (TPSA) is 12.5 Å². The average molecular weight is 267 g/mol. The molecule has 1 heterocycles. The standard InChI is InChI=1S/C18H21NO/c1-15-7-8-17-14-19(10-9-16(17)13-15)11-12-20-18-5-3-2-4-6-18/h2-8,13H,9-12,14H2,1H3. The van der Waals surface area contributed by atoms with Crippen LogP contribution < -0.4 is 4.74 Å². The van der Waals surface area contributed by atoms with E-state index < -0.39 is 0 Å². The van der Waals surface area contributed by atoms with E-state index in [0.29, 0.717) is 0 Å². The summed E-state index contributed by atoms with van der Waals surface area (Å²) in [4.78, 5) is 2.47. The molecule has 0 atom stereocenters. The first kappa shape index (κ1) is 13.2. The first-order valence-corrected chi connectivity index (χ1v) is 7.30. The predicted octanol–water partition coefficient (Wildman–Crippen LogP) is 3.43. The number of hydrogen-bond donors (Lipinski definition) is 0. The summed E-state index contributed by atoms with van der Waals surface area (Å²) in [5, 5.41) is 0. The SMILES string of the molecule is Cc1ccc2c(c1)CCN(CCOc1ccccc1)C2. The Labute approximate surface area is 121 Å². The van der Waals surface area contributed by atoms with Gasteiger partial charge >= 0.3 is 0 Å². The molecule has 2 heteroatoms. The van der Waals surface area contributed by atoms with E-state index in [0.717, 1.165) is 38.4 Å². The zero-order valence-electron chi connectivity index (χ0n) is 12.0. The third-order valence-electron chi connectivity index (χ3n) is 3.87. The Balaban J connectivity index is 1.52. The summed E-state index contributed by atoms with van der Waals surface area (Å²) < 4.78 is 5.77. The lowest BCUT2D eigenvalue weighted by atomic mass is 9.98. The van der Waals surface area contributed by atoms with Crippen molar-refractivity contribution in [1.82, 2.24) is 4.90 Å². The molecule has 2 aromatic rings. The van der Waals surface area contributed by atoms with Gasteiger partial charge in [-0.2, -0.15) is 0 Å². The summed E-state index contributed by atoms with van der Waals surface area (Å²) in [6.07, 6.45) is 1.16. The molecule has 2 nitrogen and oxygen atoms in total. The fraction of sp³-hybridized carbons (Fsp3) is 0.333. The van der Waals surface area contributed by atoms with Crippen LogP contribution in [0.15, 0.2) is 48.5 Å². The second-order valence-electron chi connectivity index (χ2n) is 5.46. The molecule has 0 bridgehead atoms. The van der Waals surface area contributed by atoms with Crippen LogP contribution in [0.2, 0.25) is 0 Å². The minimum absolute atomic E-state index is 0.755. The van der Waals surface area contributed by atoms with Crippen molar-refractivity contribution in [3.63, 3.8) is 0 Å². The third kappa shape index (κ3) is 3.20. The summed E-state index contributed by atoms with van der Waals surface area (Å²) in [6, 6.07) is 16.9. The van der Waals surface area contributed by atoms with Crippen molar-refractivity contribution in [2.75, 3.05) is 19.7 Å². The van der Waals surface area contributed by atoms with Gasteiger partial charge in [-0.25, -0.2) is 0 Å². The van der Waals surface area contributed by atoms with Crippen LogP contribution in [0, 0.1) is 6.92 Å². The van der Waals surface area contributed by atoms with Gasteiger partial charge in [-0.15, -0.1) is 0 Å². The highest BCUT2D eigenvalue weighted by atomic mass is 16.5. The maximum absolute atomic E-state index is 5.77. The Hall–Kier alpha value is -1.80. The molecule has 0 aliphatic carbocycles. The minimum atomic E-state index is 0.755. The Morgan fingerprint density at radius 1 is 1.05 bits per heavy atom. The molecular weight excluding hydrogens is 246 g/mol. The molecule has 0 aromatic heterocycles. The molecule has 0 amide bonds. The fourth-order valence-corrected chi connectivity index (χ4v) is 2.74. The van der Waals surface area contributed by atoms with Crippen molar-refractivity contribution in [3.8, 4) is 5.75 Å². The second-order valence-corrected chi connectivity index (χ2v) is 5.46. The van der Waals surface area contributed by atoms with Crippen LogP contribution in [0.4, 0.5) is 0 Å². The van der Waals surface area contributed by atoms with Gasteiger partial charge in [0.2, 0.25) is 0 Å². The smallest absolute Gasteiger partial charge is 0.119 e. The molecule has 1 aliphatic heterocycles. The molecule has 2 aromatic carbocycles.